The van der Waals surface area contributed by atoms with Gasteiger partial charge in [-0.2, -0.15) is 0 Å². The van der Waals surface area contributed by atoms with Gasteiger partial charge in [0.25, 0.3) is 0 Å². The maximum atomic E-state index is 11.1. The molecule has 0 aliphatic carbocycles. The Hall–Kier alpha value is -1.53. The number of nitro benzene ring substituents is 1. The van der Waals surface area contributed by atoms with Gasteiger partial charge < -0.3 is 0 Å². The van der Waals surface area contributed by atoms with Crippen molar-refractivity contribution in [3.63, 3.8) is 0 Å². The van der Waals surface area contributed by atoms with Crippen LogP contribution in [0, 0.1) is 10.1 Å². The van der Waals surface area contributed by atoms with Crippen molar-refractivity contribution in [2.24, 2.45) is 0 Å². The molecule has 6 nitrogen and oxygen atoms in total. The number of nitrogens with zero attached hydrogens (tertiary/aromatic N) is 1. The molecule has 20 heavy (non-hydrogen) atoms. The topological polar surface area (TPSA) is 101 Å². The van der Waals surface area contributed by atoms with Crippen LogP contribution in [0.4, 0.5) is 5.69 Å². The van der Waals surface area contributed by atoms with E-state index in [-0.39, 0.29) is 10.0 Å². The number of rotatable bonds is 4. The van der Waals surface area contributed by atoms with E-state index in [1.54, 1.807) is 24.3 Å². The van der Waals surface area contributed by atoms with Crippen LogP contribution in [0.3, 0.4) is 0 Å². The summed E-state index contributed by atoms with van der Waals surface area (Å²) < 4.78 is 29.2. The first-order valence-electron chi connectivity index (χ1n) is 5.45. The molecule has 0 aliphatic heterocycles. The van der Waals surface area contributed by atoms with Gasteiger partial charge in [0.15, 0.2) is 0 Å². The Balaban J connectivity index is 2.14. The zero-order valence-corrected chi connectivity index (χ0v) is 12.7. The third kappa shape index (κ3) is 3.74. The zero-order valence-electron chi connectivity index (χ0n) is 10.0. The molecule has 0 fully saturated rings. The normalized spacial score (nSPS) is 11.3. The second-order valence-electron chi connectivity index (χ2n) is 3.89. The van der Waals surface area contributed by atoms with Gasteiger partial charge in [-0.25, -0.2) is 0 Å². The average Bonchev–Trinajstić information content (AvgIpc) is 2.39. The first-order valence-corrected chi connectivity index (χ1v) is 9.65. The Morgan fingerprint density at radius 1 is 0.950 bits per heavy atom. The Morgan fingerprint density at radius 2 is 1.40 bits per heavy atom. The van der Waals surface area contributed by atoms with Crippen molar-refractivity contribution < 1.29 is 16.9 Å². The van der Waals surface area contributed by atoms with Crippen molar-refractivity contribution in [3.8, 4) is 0 Å². The zero-order chi connectivity index (χ0) is 14.8. The minimum absolute atomic E-state index is 0.0221. The Labute approximate surface area is 121 Å². The van der Waals surface area contributed by atoms with Crippen LogP contribution in [-0.2, 0) is 3.74 Å². The second kappa shape index (κ2) is 5.85. The molecule has 2 aromatic carbocycles. The summed E-state index contributed by atoms with van der Waals surface area (Å²) in [5.41, 5.74) is 0.0221. The summed E-state index contributed by atoms with van der Waals surface area (Å²) >= 11 is -3.48. The fourth-order valence-electron chi connectivity index (χ4n) is 1.48. The molecule has 0 spiro atoms. The van der Waals surface area contributed by atoms with Gasteiger partial charge in [0.1, 0.15) is 0 Å². The molecule has 0 amide bonds. The van der Waals surface area contributed by atoms with Gasteiger partial charge in [-0.3, -0.25) is 0 Å². The van der Waals surface area contributed by atoms with Crippen molar-refractivity contribution in [3.05, 3.63) is 58.6 Å². The fourth-order valence-corrected chi connectivity index (χ4v) is 3.42. The number of hydrogen-bond donors (Lipinski definition) is 2. The van der Waals surface area contributed by atoms with Gasteiger partial charge in [0, 0.05) is 0 Å². The van der Waals surface area contributed by atoms with Crippen molar-refractivity contribution in [1.82, 2.24) is 0 Å². The molecule has 2 N–H and O–H groups in total. The molecule has 0 aromatic heterocycles. The van der Waals surface area contributed by atoms with Crippen molar-refractivity contribution in [1.29, 1.82) is 0 Å². The van der Waals surface area contributed by atoms with E-state index in [0.29, 0.717) is 0 Å². The van der Waals surface area contributed by atoms with Crippen molar-refractivity contribution in [2.45, 2.75) is 9.79 Å². The van der Waals surface area contributed by atoms with E-state index < -0.39 is 19.1 Å². The molecule has 8 heteroatoms. The monoisotopic (exact) mass is 355 g/mol. The van der Waals surface area contributed by atoms with Crippen LogP contribution in [0.15, 0.2) is 58.3 Å². The molecule has 2 rings (SSSR count). The van der Waals surface area contributed by atoms with Crippen LogP contribution < -0.4 is 4.35 Å². The second-order valence-corrected chi connectivity index (χ2v) is 8.40. The average molecular weight is 355 g/mol. The van der Waals surface area contributed by atoms with Crippen LogP contribution in [-0.4, -0.2) is 27.3 Å². The third-order valence-electron chi connectivity index (χ3n) is 2.46. The van der Waals surface area contributed by atoms with E-state index in [9.17, 15) is 13.9 Å². The quantitative estimate of drug-likeness (QED) is 0.487. The Morgan fingerprint density at radius 3 is 1.80 bits per heavy atom. The molecule has 0 heterocycles. The number of benzene rings is 2. The van der Waals surface area contributed by atoms with Crippen LogP contribution in [0.1, 0.15) is 0 Å². The SMILES string of the molecule is O=[N+]([O-])c1ccc(Sc2ccc([As](=O)(O)O)cc2)cc1. The van der Waals surface area contributed by atoms with Crippen LogP contribution >= 0.6 is 11.8 Å². The predicted molar refractivity (Wildman–Crippen MR) is 74.2 cm³/mol. The van der Waals surface area contributed by atoms with E-state index in [1.165, 1.54) is 36.0 Å². The number of non-ortho nitro benzene ring substituents is 1. The van der Waals surface area contributed by atoms with Gasteiger partial charge in [0.05, 0.1) is 0 Å². The molecule has 0 radical (unpaired) electrons. The van der Waals surface area contributed by atoms with Crippen LogP contribution in [0.25, 0.3) is 0 Å². The van der Waals surface area contributed by atoms with Gasteiger partial charge in [-0.15, -0.1) is 0 Å². The molecule has 0 saturated heterocycles. The summed E-state index contributed by atoms with van der Waals surface area (Å²) in [5.74, 6) is 0. The molecule has 0 atom stereocenters. The molecule has 0 bridgehead atoms. The molecular formula is C12H10AsNO5S. The Kier molecular flexibility index (Phi) is 4.35. The molecule has 0 saturated carbocycles. The molecular weight excluding hydrogens is 345 g/mol. The third-order valence-corrected chi connectivity index (χ3v) is 5.51. The minimum atomic E-state index is -4.84. The van der Waals surface area contributed by atoms with E-state index in [4.69, 9.17) is 8.19 Å². The summed E-state index contributed by atoms with van der Waals surface area (Å²) in [5, 5.41) is 10.5. The summed E-state index contributed by atoms with van der Waals surface area (Å²) in [6.07, 6.45) is 0. The summed E-state index contributed by atoms with van der Waals surface area (Å²) in [7, 11) is 0. The number of nitro groups is 1. The van der Waals surface area contributed by atoms with Crippen LogP contribution in [0.2, 0.25) is 0 Å². The molecule has 0 unspecified atom stereocenters. The first kappa shape index (κ1) is 14.9. The summed E-state index contributed by atoms with van der Waals surface area (Å²) in [6.45, 7) is 0. The van der Waals surface area contributed by atoms with Crippen molar-refractivity contribution in [2.75, 3.05) is 0 Å². The van der Waals surface area contributed by atoms with Crippen molar-refractivity contribution >= 4 is 36.0 Å². The van der Waals surface area contributed by atoms with E-state index in [0.717, 1.165) is 9.79 Å². The number of hydrogen-bond acceptors (Lipinski definition) is 4. The van der Waals surface area contributed by atoms with Gasteiger partial charge in [0.2, 0.25) is 0 Å². The molecule has 104 valence electrons. The van der Waals surface area contributed by atoms with Gasteiger partial charge in [-0.05, 0) is 0 Å². The fraction of sp³-hybridized carbons (Fsp3) is 0. The van der Waals surface area contributed by atoms with Crippen LogP contribution in [0.5, 0.6) is 0 Å². The van der Waals surface area contributed by atoms with E-state index >= 15 is 0 Å². The van der Waals surface area contributed by atoms with E-state index in [2.05, 4.69) is 0 Å². The first-order chi connectivity index (χ1) is 9.36. The van der Waals surface area contributed by atoms with Gasteiger partial charge in [-0.1, -0.05) is 0 Å². The molecule has 0 aliphatic rings. The molecule has 2 aromatic rings. The Bertz CT molecular complexity index is 665. The van der Waals surface area contributed by atoms with E-state index in [1.807, 2.05) is 0 Å². The standard InChI is InChI=1S/C12H10AsNO5S/c15-13(16,17)9-1-5-11(6-2-9)20-12-7-3-10(4-8-12)14(18)19/h1-8H,(H2,15,16,17). The predicted octanol–water partition coefficient (Wildman–Crippen LogP) is 1.31. The summed E-state index contributed by atoms with van der Waals surface area (Å²) in [4.78, 5) is 11.7. The maximum absolute atomic E-state index is 11.1. The summed E-state index contributed by atoms with van der Waals surface area (Å²) in [6, 6.07) is 12.1. The van der Waals surface area contributed by atoms with Gasteiger partial charge >= 0.3 is 121 Å².